The maximum atomic E-state index is 13.0. The first-order valence-electron chi connectivity index (χ1n) is 10.3. The summed E-state index contributed by atoms with van der Waals surface area (Å²) >= 11 is 0. The summed E-state index contributed by atoms with van der Waals surface area (Å²) in [7, 11) is 1.65. The SMILES string of the molecule is COc1ccc(-c2cc(C(=O)NCCN3CCCCC3)c3ccccc3n2)cc1. The lowest BCUT2D eigenvalue weighted by Crippen LogP contribution is -2.37. The number of hydrogen-bond acceptors (Lipinski definition) is 4. The maximum absolute atomic E-state index is 13.0. The first-order valence-corrected chi connectivity index (χ1v) is 10.3. The van der Waals surface area contributed by atoms with Crippen molar-refractivity contribution in [2.75, 3.05) is 33.3 Å². The number of amides is 1. The summed E-state index contributed by atoms with van der Waals surface area (Å²) in [5.74, 6) is 0.751. The lowest BCUT2D eigenvalue weighted by Gasteiger charge is -2.26. The average molecular weight is 389 g/mol. The number of benzene rings is 2. The Kier molecular flexibility index (Phi) is 6.06. The second-order valence-corrected chi connectivity index (χ2v) is 7.46. The Morgan fingerprint density at radius 3 is 2.59 bits per heavy atom. The minimum atomic E-state index is -0.0460. The number of pyridine rings is 1. The molecule has 1 aromatic heterocycles. The molecule has 0 bridgehead atoms. The van der Waals surface area contributed by atoms with Crippen molar-refractivity contribution in [3.8, 4) is 17.0 Å². The third-order valence-corrected chi connectivity index (χ3v) is 5.51. The molecule has 3 aromatic rings. The van der Waals surface area contributed by atoms with E-state index in [4.69, 9.17) is 9.72 Å². The van der Waals surface area contributed by atoms with Crippen LogP contribution in [0.3, 0.4) is 0 Å². The molecule has 1 aliphatic heterocycles. The summed E-state index contributed by atoms with van der Waals surface area (Å²) in [6.07, 6.45) is 3.84. The molecule has 29 heavy (non-hydrogen) atoms. The average Bonchev–Trinajstić information content (AvgIpc) is 2.79. The van der Waals surface area contributed by atoms with E-state index in [0.29, 0.717) is 12.1 Å². The molecule has 0 aliphatic carbocycles. The Morgan fingerprint density at radius 1 is 1.07 bits per heavy atom. The van der Waals surface area contributed by atoms with Crippen LogP contribution in [0.4, 0.5) is 0 Å². The van der Waals surface area contributed by atoms with Crippen LogP contribution in [-0.2, 0) is 0 Å². The molecule has 0 saturated carbocycles. The van der Waals surface area contributed by atoms with Crippen LogP contribution in [0.2, 0.25) is 0 Å². The highest BCUT2D eigenvalue weighted by Crippen LogP contribution is 2.26. The van der Waals surface area contributed by atoms with E-state index in [1.165, 1.54) is 19.3 Å². The van der Waals surface area contributed by atoms with E-state index >= 15 is 0 Å². The number of nitrogens with one attached hydrogen (secondary N) is 1. The zero-order valence-electron chi connectivity index (χ0n) is 16.9. The maximum Gasteiger partial charge on any atom is 0.252 e. The van der Waals surface area contributed by atoms with E-state index in [9.17, 15) is 4.79 Å². The number of para-hydroxylation sites is 1. The number of piperidine rings is 1. The van der Waals surface area contributed by atoms with Gasteiger partial charge in [0.25, 0.3) is 5.91 Å². The fourth-order valence-corrected chi connectivity index (χ4v) is 3.88. The standard InChI is InChI=1S/C24H27N3O2/c1-29-19-11-9-18(10-12-19)23-17-21(20-7-3-4-8-22(20)26-23)24(28)25-13-16-27-14-5-2-6-15-27/h3-4,7-12,17H,2,5-6,13-16H2,1H3,(H,25,28). The first-order chi connectivity index (χ1) is 14.2. The zero-order valence-corrected chi connectivity index (χ0v) is 16.9. The number of carbonyl (C=O) groups is 1. The number of aromatic nitrogens is 1. The van der Waals surface area contributed by atoms with Crippen molar-refractivity contribution in [2.45, 2.75) is 19.3 Å². The van der Waals surface area contributed by atoms with Gasteiger partial charge in [0.2, 0.25) is 0 Å². The molecule has 4 rings (SSSR count). The first kappa shape index (κ1) is 19.4. The summed E-state index contributed by atoms with van der Waals surface area (Å²) in [5, 5.41) is 3.98. The number of likely N-dealkylation sites (tertiary alicyclic amines) is 1. The van der Waals surface area contributed by atoms with Gasteiger partial charge in [-0.1, -0.05) is 24.6 Å². The highest BCUT2D eigenvalue weighted by atomic mass is 16.5. The van der Waals surface area contributed by atoms with Gasteiger partial charge in [0.1, 0.15) is 5.75 Å². The van der Waals surface area contributed by atoms with Gasteiger partial charge >= 0.3 is 0 Å². The van der Waals surface area contributed by atoms with Gasteiger partial charge in [-0.15, -0.1) is 0 Å². The largest absolute Gasteiger partial charge is 0.497 e. The molecule has 1 amide bonds. The molecule has 1 aliphatic rings. The normalized spacial score (nSPS) is 14.7. The lowest BCUT2D eigenvalue weighted by molar-refractivity contribution is 0.0948. The van der Waals surface area contributed by atoms with E-state index in [1.54, 1.807) is 7.11 Å². The topological polar surface area (TPSA) is 54.5 Å². The van der Waals surface area contributed by atoms with Crippen LogP contribution in [0.15, 0.2) is 54.6 Å². The van der Waals surface area contributed by atoms with E-state index in [-0.39, 0.29) is 5.91 Å². The van der Waals surface area contributed by atoms with Crippen LogP contribution < -0.4 is 10.1 Å². The molecule has 2 aromatic carbocycles. The number of hydrogen-bond donors (Lipinski definition) is 1. The molecule has 0 spiro atoms. The molecule has 0 unspecified atom stereocenters. The van der Waals surface area contributed by atoms with Crippen molar-refractivity contribution in [2.24, 2.45) is 0 Å². The molecular weight excluding hydrogens is 362 g/mol. The van der Waals surface area contributed by atoms with Crippen molar-refractivity contribution in [3.05, 3.63) is 60.2 Å². The van der Waals surface area contributed by atoms with Crippen molar-refractivity contribution in [3.63, 3.8) is 0 Å². The van der Waals surface area contributed by atoms with Gasteiger partial charge in [-0.3, -0.25) is 4.79 Å². The van der Waals surface area contributed by atoms with Gasteiger partial charge in [0, 0.05) is 24.0 Å². The summed E-state index contributed by atoms with van der Waals surface area (Å²) in [5.41, 5.74) is 3.23. The minimum Gasteiger partial charge on any atom is -0.497 e. The monoisotopic (exact) mass is 389 g/mol. The van der Waals surface area contributed by atoms with Gasteiger partial charge in [0.15, 0.2) is 0 Å². The number of nitrogens with zero attached hydrogens (tertiary/aromatic N) is 2. The quantitative estimate of drug-likeness (QED) is 0.689. The Morgan fingerprint density at radius 2 is 1.83 bits per heavy atom. The molecule has 5 nitrogen and oxygen atoms in total. The smallest absolute Gasteiger partial charge is 0.252 e. The number of methoxy groups -OCH3 is 1. The van der Waals surface area contributed by atoms with Crippen LogP contribution in [0.1, 0.15) is 29.6 Å². The van der Waals surface area contributed by atoms with E-state index < -0.39 is 0 Å². The lowest BCUT2D eigenvalue weighted by atomic mass is 10.0. The van der Waals surface area contributed by atoms with Crippen LogP contribution in [-0.4, -0.2) is 49.1 Å². The predicted octanol–water partition coefficient (Wildman–Crippen LogP) is 4.13. The third kappa shape index (κ3) is 4.57. The molecular formula is C24H27N3O2. The van der Waals surface area contributed by atoms with Gasteiger partial charge in [0.05, 0.1) is 23.9 Å². The summed E-state index contributed by atoms with van der Waals surface area (Å²) in [6, 6.07) is 17.4. The van der Waals surface area contributed by atoms with E-state index in [2.05, 4.69) is 10.2 Å². The van der Waals surface area contributed by atoms with Crippen LogP contribution in [0.5, 0.6) is 5.75 Å². The van der Waals surface area contributed by atoms with Gasteiger partial charge in [-0.2, -0.15) is 0 Å². The molecule has 0 atom stereocenters. The van der Waals surface area contributed by atoms with E-state index in [0.717, 1.165) is 47.5 Å². The Balaban J connectivity index is 1.57. The number of ether oxygens (including phenoxy) is 1. The molecule has 1 fully saturated rings. The van der Waals surface area contributed by atoms with Crippen LogP contribution in [0.25, 0.3) is 22.2 Å². The van der Waals surface area contributed by atoms with Gasteiger partial charge < -0.3 is 15.0 Å². The third-order valence-electron chi connectivity index (χ3n) is 5.51. The van der Waals surface area contributed by atoms with Crippen molar-refractivity contribution >= 4 is 16.8 Å². The number of carbonyl (C=O) groups excluding carboxylic acids is 1. The van der Waals surface area contributed by atoms with Crippen molar-refractivity contribution in [1.82, 2.24) is 15.2 Å². The highest BCUT2D eigenvalue weighted by Gasteiger charge is 2.15. The van der Waals surface area contributed by atoms with Crippen molar-refractivity contribution in [1.29, 1.82) is 0 Å². The fraction of sp³-hybridized carbons (Fsp3) is 0.333. The second-order valence-electron chi connectivity index (χ2n) is 7.46. The highest BCUT2D eigenvalue weighted by molar-refractivity contribution is 6.07. The molecule has 0 radical (unpaired) electrons. The summed E-state index contributed by atoms with van der Waals surface area (Å²) < 4.78 is 5.24. The Hall–Kier alpha value is -2.92. The molecule has 150 valence electrons. The van der Waals surface area contributed by atoms with Crippen LogP contribution >= 0.6 is 0 Å². The summed E-state index contributed by atoms with van der Waals surface area (Å²) in [4.78, 5) is 20.2. The Labute approximate surface area is 171 Å². The van der Waals surface area contributed by atoms with Crippen LogP contribution in [0, 0.1) is 0 Å². The number of fused-ring (bicyclic) bond motifs is 1. The fourth-order valence-electron chi connectivity index (χ4n) is 3.88. The minimum absolute atomic E-state index is 0.0460. The van der Waals surface area contributed by atoms with Crippen molar-refractivity contribution < 1.29 is 9.53 Å². The number of rotatable bonds is 6. The molecule has 2 heterocycles. The predicted molar refractivity (Wildman–Crippen MR) is 116 cm³/mol. The molecule has 5 heteroatoms. The summed E-state index contributed by atoms with van der Waals surface area (Å²) in [6.45, 7) is 3.83. The Bertz CT molecular complexity index is 979. The van der Waals surface area contributed by atoms with E-state index in [1.807, 2.05) is 54.6 Å². The van der Waals surface area contributed by atoms with Gasteiger partial charge in [-0.05, 0) is 62.3 Å². The zero-order chi connectivity index (χ0) is 20.1. The van der Waals surface area contributed by atoms with Gasteiger partial charge in [-0.25, -0.2) is 4.98 Å². The molecule has 1 saturated heterocycles. The second kappa shape index (κ2) is 9.05. The molecule has 1 N–H and O–H groups in total.